The molecule has 0 heterocycles. The summed E-state index contributed by atoms with van der Waals surface area (Å²) in [6.45, 7) is 0. The molecule has 0 bridgehead atoms. The first-order valence-electron chi connectivity index (χ1n) is 17.5. The zero-order chi connectivity index (χ0) is 46.7. The molecular weight excluding hydrogens is 907 g/mol. The van der Waals surface area contributed by atoms with Crippen LogP contribution in [0.4, 0.5) is 39.8 Å². The van der Waals surface area contributed by atoms with Crippen molar-refractivity contribution in [2.24, 2.45) is 30.7 Å². The Kier molecular flexibility index (Phi) is 13.3. The zero-order valence-electron chi connectivity index (χ0n) is 32.6. The van der Waals surface area contributed by atoms with Crippen LogP contribution in [0.5, 0.6) is 28.7 Å². The summed E-state index contributed by atoms with van der Waals surface area (Å²) < 4.78 is 106. The van der Waals surface area contributed by atoms with E-state index in [1.54, 1.807) is 0 Å². The summed E-state index contributed by atoms with van der Waals surface area (Å²) in [4.78, 5) is 8.39. The predicted molar refractivity (Wildman–Crippen MR) is 233 cm³/mol. The number of ether oxygens (including phenoxy) is 2. The predicted octanol–water partition coefficient (Wildman–Crippen LogP) is 11.7. The van der Waals surface area contributed by atoms with E-state index in [-0.39, 0.29) is 73.3 Å². The van der Waals surface area contributed by atoms with Crippen molar-refractivity contribution < 1.29 is 70.0 Å². The number of aromatic hydroxyl groups is 3. The summed E-state index contributed by atoms with van der Waals surface area (Å²) >= 11 is 0. The highest BCUT2D eigenvalue weighted by Gasteiger charge is 2.26. The maximum Gasteiger partial charge on any atom is 0.295 e. The number of hydrogen-bond acceptors (Lipinski definition) is 21. The number of nitro groups is 1. The van der Waals surface area contributed by atoms with Crippen molar-refractivity contribution in [1.29, 1.82) is 0 Å². The van der Waals surface area contributed by atoms with E-state index < -0.39 is 68.6 Å². The van der Waals surface area contributed by atoms with Gasteiger partial charge in [0.2, 0.25) is 0 Å². The zero-order valence-corrected chi connectivity index (χ0v) is 35.0. The lowest BCUT2D eigenvalue weighted by Gasteiger charge is -2.22. The van der Waals surface area contributed by atoms with Crippen molar-refractivity contribution in [3.63, 3.8) is 0 Å². The van der Waals surface area contributed by atoms with Crippen LogP contribution in [0.15, 0.2) is 136 Å². The Morgan fingerprint density at radius 1 is 0.578 bits per heavy atom. The van der Waals surface area contributed by atoms with Gasteiger partial charge in [-0.15, -0.1) is 20.5 Å². The lowest BCUT2D eigenvalue weighted by Crippen LogP contribution is -2.02. The molecule has 0 saturated carbocycles. The number of hydrogen-bond donors (Lipinski definition) is 10. The van der Waals surface area contributed by atoms with Crippen LogP contribution in [0.25, 0.3) is 22.9 Å². The average Bonchev–Trinajstić information content (AvgIpc) is 3.23. The Hall–Kier alpha value is -7.11. The standard InChI is InChI=1S/C38H33N7O16S3/c1-60-32-19-30(43-44-37-36(64(57,58)59)14-22-13-23(8-11-27(22)38(37)48)39-41-28-12-10-26(46)17-31(28)47)33(61-2)18-29(32)42-40-24-7-5-20(34(15-24)62(51,52)53)3-4-21-6-9-25(45(49)50)16-35(21)63(54,55)56/h3-19,46-48,51-53,57-59H,1-2H3,(H,54,55,56). The molecule has 26 heteroatoms. The van der Waals surface area contributed by atoms with Gasteiger partial charge in [-0.1, -0.05) is 18.2 Å². The molecule has 0 radical (unpaired) electrons. The summed E-state index contributed by atoms with van der Waals surface area (Å²) in [5.41, 5.74) is -1.26. The Balaban J connectivity index is 1.31. The minimum atomic E-state index is -4.94. The second kappa shape index (κ2) is 18.3. The third-order valence-corrected chi connectivity index (χ3v) is 11.5. The highest BCUT2D eigenvalue weighted by atomic mass is 32.3. The Morgan fingerprint density at radius 3 is 1.69 bits per heavy atom. The fourth-order valence-corrected chi connectivity index (χ4v) is 7.91. The molecular formula is C38H33N7O16S3. The summed E-state index contributed by atoms with van der Waals surface area (Å²) in [5.74, 6) is -1.14. The van der Waals surface area contributed by atoms with Crippen LogP contribution in [-0.2, 0) is 10.1 Å². The van der Waals surface area contributed by atoms with Crippen molar-refractivity contribution in [2.45, 2.75) is 14.7 Å². The molecule has 0 aliphatic heterocycles. The van der Waals surface area contributed by atoms with Gasteiger partial charge in [0.15, 0.2) is 5.75 Å². The fraction of sp³-hybridized carbons (Fsp3) is 0.0526. The van der Waals surface area contributed by atoms with Crippen LogP contribution in [-0.4, -0.2) is 74.7 Å². The fourth-order valence-electron chi connectivity index (χ4n) is 5.79. The lowest BCUT2D eigenvalue weighted by atomic mass is 10.1. The topological polar surface area (TPSA) is 372 Å². The van der Waals surface area contributed by atoms with E-state index in [1.807, 2.05) is 0 Å². The van der Waals surface area contributed by atoms with Gasteiger partial charge in [0.25, 0.3) is 15.8 Å². The number of methoxy groups -OCH3 is 2. The van der Waals surface area contributed by atoms with Gasteiger partial charge in [-0.3, -0.25) is 14.7 Å². The molecule has 64 heavy (non-hydrogen) atoms. The van der Waals surface area contributed by atoms with E-state index in [4.69, 9.17) is 9.47 Å². The molecule has 0 fully saturated rings. The molecule has 6 aromatic carbocycles. The molecule has 10 N–H and O–H groups in total. The second-order valence-corrected chi connectivity index (χ2v) is 17.3. The van der Waals surface area contributed by atoms with Gasteiger partial charge >= 0.3 is 0 Å². The first-order valence-corrected chi connectivity index (χ1v) is 21.9. The Labute approximate surface area is 363 Å². The van der Waals surface area contributed by atoms with Crippen molar-refractivity contribution >= 4 is 94.6 Å². The number of nitro benzene ring substituents is 1. The number of phenols is 3. The number of rotatable bonds is 14. The quantitative estimate of drug-likeness (QED) is 0.0159. The molecule has 0 aromatic heterocycles. The third kappa shape index (κ3) is 10.6. The van der Waals surface area contributed by atoms with Crippen molar-refractivity contribution in [2.75, 3.05) is 14.2 Å². The van der Waals surface area contributed by atoms with E-state index in [0.29, 0.717) is 6.07 Å². The first kappa shape index (κ1) is 46.4. The number of phenolic OH excluding ortho intramolecular Hbond substituents is 3. The monoisotopic (exact) mass is 939 g/mol. The summed E-state index contributed by atoms with van der Waals surface area (Å²) in [5, 5.41) is 66.5. The lowest BCUT2D eigenvalue weighted by molar-refractivity contribution is -0.385. The molecule has 0 amide bonds. The van der Waals surface area contributed by atoms with Crippen molar-refractivity contribution in [3.8, 4) is 28.7 Å². The average molecular weight is 940 g/mol. The highest BCUT2D eigenvalue weighted by molar-refractivity contribution is 8.19. The SMILES string of the molecule is COc1cc(N=Nc2c(S(O)(O)O)cc3cc(N=Nc4ccc(O)cc4O)ccc3c2O)c(OC)cc1N=Nc1ccc(C=Cc2ccc([N+](=O)[O-])cc2S(=O)(=O)O)c(S(O)(O)O)c1. The van der Waals surface area contributed by atoms with E-state index in [0.717, 1.165) is 42.5 Å². The molecule has 0 atom stereocenters. The number of azo groups is 3. The molecule has 0 spiro atoms. The summed E-state index contributed by atoms with van der Waals surface area (Å²) in [6.07, 6.45) is 2.26. The highest BCUT2D eigenvalue weighted by Crippen LogP contribution is 2.55. The van der Waals surface area contributed by atoms with Gasteiger partial charge < -0.3 is 52.1 Å². The summed E-state index contributed by atoms with van der Waals surface area (Å²) in [6, 6.07) is 18.0. The maximum atomic E-state index is 11.9. The van der Waals surface area contributed by atoms with Crippen LogP contribution in [0.2, 0.25) is 0 Å². The van der Waals surface area contributed by atoms with Gasteiger partial charge in [0, 0.05) is 35.7 Å². The Bertz CT molecular complexity index is 3060. The van der Waals surface area contributed by atoms with Gasteiger partial charge in [-0.25, -0.2) is 0 Å². The number of benzene rings is 6. The van der Waals surface area contributed by atoms with E-state index in [9.17, 15) is 65.7 Å². The van der Waals surface area contributed by atoms with E-state index in [1.165, 1.54) is 68.8 Å². The maximum absolute atomic E-state index is 11.9. The molecule has 0 saturated heterocycles. The van der Waals surface area contributed by atoms with Gasteiger partial charge in [-0.05, 0) is 71.1 Å². The van der Waals surface area contributed by atoms with Crippen LogP contribution in [0.1, 0.15) is 11.1 Å². The normalized spacial score (nSPS) is 13.1. The molecule has 0 aliphatic rings. The van der Waals surface area contributed by atoms with Gasteiger partial charge in [-0.2, -0.15) is 18.6 Å². The van der Waals surface area contributed by atoms with E-state index >= 15 is 0 Å². The van der Waals surface area contributed by atoms with Crippen LogP contribution >= 0.6 is 21.7 Å². The van der Waals surface area contributed by atoms with Crippen LogP contribution < -0.4 is 9.47 Å². The van der Waals surface area contributed by atoms with E-state index in [2.05, 4.69) is 30.7 Å². The smallest absolute Gasteiger partial charge is 0.295 e. The Morgan fingerprint density at radius 2 is 1.12 bits per heavy atom. The first-order chi connectivity index (χ1) is 30.1. The van der Waals surface area contributed by atoms with Crippen molar-refractivity contribution in [1.82, 2.24) is 0 Å². The molecule has 23 nitrogen and oxygen atoms in total. The number of non-ortho nitro benzene ring substituents is 1. The minimum absolute atomic E-state index is 0.00757. The molecule has 0 unspecified atom stereocenters. The molecule has 334 valence electrons. The molecule has 6 aromatic rings. The summed E-state index contributed by atoms with van der Waals surface area (Å²) in [7, 11) is -11.4. The van der Waals surface area contributed by atoms with Gasteiger partial charge in [0.05, 0.1) is 40.3 Å². The second-order valence-electron chi connectivity index (χ2n) is 13.0. The minimum Gasteiger partial charge on any atom is -0.508 e. The van der Waals surface area contributed by atoms with Crippen LogP contribution in [0.3, 0.4) is 0 Å². The number of nitrogens with zero attached hydrogens (tertiary/aromatic N) is 7. The molecule has 6 rings (SSSR count). The third-order valence-electron chi connectivity index (χ3n) is 8.79. The number of fused-ring (bicyclic) bond motifs is 1. The van der Waals surface area contributed by atoms with Crippen LogP contribution in [0, 0.1) is 10.1 Å². The van der Waals surface area contributed by atoms with Crippen molar-refractivity contribution in [3.05, 3.63) is 112 Å². The van der Waals surface area contributed by atoms with Gasteiger partial charge in [0.1, 0.15) is 72.4 Å². The molecule has 0 aliphatic carbocycles. The largest absolute Gasteiger partial charge is 0.508 e.